The van der Waals surface area contributed by atoms with Gasteiger partial charge in [0, 0.05) is 0 Å². The van der Waals surface area contributed by atoms with Crippen LogP contribution in [0.3, 0.4) is 0 Å². The molecular formula is C11H12OSe. The second-order valence-corrected chi connectivity index (χ2v) is 4.96. The number of hydrogen-bond donors (Lipinski definition) is 0. The Bertz CT molecular complexity index is 392. The maximum absolute atomic E-state index is 5.56. The summed E-state index contributed by atoms with van der Waals surface area (Å²) >= 11 is 0.529. The van der Waals surface area contributed by atoms with E-state index in [9.17, 15) is 0 Å². The van der Waals surface area contributed by atoms with Crippen molar-refractivity contribution in [3.8, 4) is 5.75 Å². The van der Waals surface area contributed by atoms with E-state index in [0.717, 1.165) is 18.8 Å². The van der Waals surface area contributed by atoms with E-state index in [1.165, 1.54) is 9.65 Å². The van der Waals surface area contributed by atoms with Crippen LogP contribution in [0.25, 0.3) is 9.65 Å². The molecule has 0 aliphatic heterocycles. The van der Waals surface area contributed by atoms with Gasteiger partial charge in [-0.25, -0.2) is 0 Å². The Hall–Kier alpha value is -0.721. The van der Waals surface area contributed by atoms with Crippen molar-refractivity contribution in [3.05, 3.63) is 29.2 Å². The number of benzene rings is 1. The zero-order valence-corrected chi connectivity index (χ0v) is 9.33. The topological polar surface area (TPSA) is 9.23 Å². The third-order valence-electron chi connectivity index (χ3n) is 1.90. The zero-order valence-electron chi connectivity index (χ0n) is 7.62. The SMILES string of the molecule is CCCOc1ccc2cc[se]c2c1. The van der Waals surface area contributed by atoms with E-state index in [-0.39, 0.29) is 0 Å². The van der Waals surface area contributed by atoms with Gasteiger partial charge < -0.3 is 0 Å². The fourth-order valence-corrected chi connectivity index (χ4v) is 2.96. The van der Waals surface area contributed by atoms with Crippen molar-refractivity contribution in [2.45, 2.75) is 13.3 Å². The Balaban J connectivity index is 2.26. The van der Waals surface area contributed by atoms with Gasteiger partial charge in [0.25, 0.3) is 0 Å². The van der Waals surface area contributed by atoms with Crippen LogP contribution in [-0.2, 0) is 0 Å². The van der Waals surface area contributed by atoms with Crippen molar-refractivity contribution in [1.82, 2.24) is 0 Å². The molecule has 68 valence electrons. The summed E-state index contributed by atoms with van der Waals surface area (Å²) in [6.45, 7) is 2.94. The Morgan fingerprint density at radius 1 is 1.31 bits per heavy atom. The molecule has 0 saturated heterocycles. The first-order valence-corrected chi connectivity index (χ1v) is 6.35. The fourth-order valence-electron chi connectivity index (χ4n) is 1.24. The average Bonchev–Trinajstić information content (AvgIpc) is 2.61. The van der Waals surface area contributed by atoms with Crippen LogP contribution >= 0.6 is 0 Å². The van der Waals surface area contributed by atoms with Crippen LogP contribution in [-0.4, -0.2) is 21.1 Å². The van der Waals surface area contributed by atoms with Crippen LogP contribution in [0.2, 0.25) is 0 Å². The van der Waals surface area contributed by atoms with Crippen molar-refractivity contribution >= 4 is 24.1 Å². The zero-order chi connectivity index (χ0) is 9.10. The molecule has 0 saturated carbocycles. The summed E-state index contributed by atoms with van der Waals surface area (Å²) < 4.78 is 7.01. The predicted octanol–water partition coefficient (Wildman–Crippen LogP) is 2.69. The molecule has 2 heteroatoms. The molecule has 0 aliphatic carbocycles. The number of hydrogen-bond acceptors (Lipinski definition) is 1. The molecule has 0 aliphatic rings. The van der Waals surface area contributed by atoms with E-state index in [2.05, 4.69) is 36.1 Å². The standard InChI is InChI=1S/C11H12OSe/c1-2-6-12-10-4-3-9-5-7-13-11(9)8-10/h3-5,7-8H,2,6H2,1H3. The molecule has 0 bridgehead atoms. The van der Waals surface area contributed by atoms with E-state index in [4.69, 9.17) is 4.74 Å². The van der Waals surface area contributed by atoms with Crippen molar-refractivity contribution in [3.63, 3.8) is 0 Å². The van der Waals surface area contributed by atoms with Crippen LogP contribution < -0.4 is 4.74 Å². The van der Waals surface area contributed by atoms with E-state index in [1.54, 1.807) is 0 Å². The van der Waals surface area contributed by atoms with Crippen molar-refractivity contribution in [1.29, 1.82) is 0 Å². The first-order chi connectivity index (χ1) is 6.40. The Labute approximate surface area is 84.1 Å². The number of rotatable bonds is 3. The monoisotopic (exact) mass is 240 g/mol. The molecule has 1 aromatic heterocycles. The minimum absolute atomic E-state index is 0.529. The third-order valence-corrected chi connectivity index (χ3v) is 3.75. The van der Waals surface area contributed by atoms with Crippen molar-refractivity contribution in [2.24, 2.45) is 0 Å². The molecule has 0 spiro atoms. The van der Waals surface area contributed by atoms with Gasteiger partial charge in [0.2, 0.25) is 0 Å². The maximum atomic E-state index is 5.56. The molecule has 2 rings (SSSR count). The first-order valence-electron chi connectivity index (χ1n) is 4.50. The Kier molecular flexibility index (Phi) is 2.72. The van der Waals surface area contributed by atoms with Gasteiger partial charge in [-0.15, -0.1) is 0 Å². The van der Waals surface area contributed by atoms with Crippen LogP contribution in [0, 0.1) is 0 Å². The molecule has 1 heterocycles. The van der Waals surface area contributed by atoms with Crippen LogP contribution in [0.15, 0.2) is 29.2 Å². The molecule has 1 nitrogen and oxygen atoms in total. The van der Waals surface area contributed by atoms with Gasteiger partial charge in [0.1, 0.15) is 0 Å². The van der Waals surface area contributed by atoms with Gasteiger partial charge in [-0.2, -0.15) is 0 Å². The summed E-state index contributed by atoms with van der Waals surface area (Å²) in [5, 5.41) is 1.36. The molecule has 0 N–H and O–H groups in total. The number of ether oxygens (including phenoxy) is 1. The predicted molar refractivity (Wildman–Crippen MR) is 56.7 cm³/mol. The third kappa shape index (κ3) is 1.96. The Morgan fingerprint density at radius 2 is 2.23 bits per heavy atom. The van der Waals surface area contributed by atoms with E-state index in [1.807, 2.05) is 0 Å². The van der Waals surface area contributed by atoms with Crippen molar-refractivity contribution in [2.75, 3.05) is 6.61 Å². The normalized spacial score (nSPS) is 10.5. The fraction of sp³-hybridized carbons (Fsp3) is 0.273. The molecule has 2 aromatic rings. The summed E-state index contributed by atoms with van der Waals surface area (Å²) in [5.41, 5.74) is 0. The van der Waals surface area contributed by atoms with Gasteiger partial charge in [0.05, 0.1) is 0 Å². The van der Waals surface area contributed by atoms with E-state index < -0.39 is 0 Å². The van der Waals surface area contributed by atoms with E-state index in [0.29, 0.717) is 14.5 Å². The second kappa shape index (κ2) is 3.99. The second-order valence-electron chi connectivity index (χ2n) is 2.97. The first kappa shape index (κ1) is 8.86. The molecule has 0 atom stereocenters. The van der Waals surface area contributed by atoms with E-state index >= 15 is 0 Å². The minimum atomic E-state index is 0.529. The molecule has 0 fully saturated rings. The molecule has 13 heavy (non-hydrogen) atoms. The van der Waals surface area contributed by atoms with Crippen LogP contribution in [0.1, 0.15) is 13.3 Å². The Morgan fingerprint density at radius 3 is 3.08 bits per heavy atom. The summed E-state index contributed by atoms with van der Waals surface area (Å²) in [7, 11) is 0. The summed E-state index contributed by atoms with van der Waals surface area (Å²) in [6, 6.07) is 8.57. The molecule has 0 unspecified atom stereocenters. The van der Waals surface area contributed by atoms with Gasteiger partial charge >= 0.3 is 83.8 Å². The molecule has 0 radical (unpaired) electrons. The molecule has 0 amide bonds. The summed E-state index contributed by atoms with van der Waals surface area (Å²) in [4.78, 5) is 2.25. The van der Waals surface area contributed by atoms with Crippen LogP contribution in [0.4, 0.5) is 0 Å². The van der Waals surface area contributed by atoms with Crippen LogP contribution in [0.5, 0.6) is 5.75 Å². The van der Waals surface area contributed by atoms with Gasteiger partial charge in [-0.05, 0) is 0 Å². The molecular weight excluding hydrogens is 227 g/mol. The van der Waals surface area contributed by atoms with Gasteiger partial charge in [-0.1, -0.05) is 0 Å². The summed E-state index contributed by atoms with van der Waals surface area (Å²) in [6.07, 6.45) is 1.07. The number of fused-ring (bicyclic) bond motifs is 1. The summed E-state index contributed by atoms with van der Waals surface area (Å²) in [5.74, 6) is 1.02. The average molecular weight is 239 g/mol. The molecule has 1 aromatic carbocycles. The van der Waals surface area contributed by atoms with Gasteiger partial charge in [-0.3, -0.25) is 0 Å². The quantitative estimate of drug-likeness (QED) is 0.748. The van der Waals surface area contributed by atoms with Crippen molar-refractivity contribution < 1.29 is 4.74 Å². The van der Waals surface area contributed by atoms with Gasteiger partial charge in [0.15, 0.2) is 0 Å².